The predicted octanol–water partition coefficient (Wildman–Crippen LogP) is 1.75. The number of aryl methyl sites for hydroxylation is 2. The van der Waals surface area contributed by atoms with Gasteiger partial charge in [0.15, 0.2) is 0 Å². The fourth-order valence-corrected chi connectivity index (χ4v) is 3.05. The quantitative estimate of drug-likeness (QED) is 0.784. The SMILES string of the molecule is C=CCC(NS(=O)(=O)c1cc(C)c(F)c(C)c1)C(=O)O. The Morgan fingerprint density at radius 1 is 1.45 bits per heavy atom. The molecule has 5 nitrogen and oxygen atoms in total. The minimum atomic E-state index is -4.03. The van der Waals surface area contributed by atoms with Gasteiger partial charge in [-0.3, -0.25) is 4.79 Å². The summed E-state index contributed by atoms with van der Waals surface area (Å²) in [5.74, 6) is -1.78. The van der Waals surface area contributed by atoms with Gasteiger partial charge in [-0.1, -0.05) is 6.08 Å². The van der Waals surface area contributed by atoms with Gasteiger partial charge in [-0.05, 0) is 43.5 Å². The summed E-state index contributed by atoms with van der Waals surface area (Å²) >= 11 is 0. The molecular formula is C13H16FNO4S. The van der Waals surface area contributed by atoms with Crippen molar-refractivity contribution in [1.82, 2.24) is 4.72 Å². The highest BCUT2D eigenvalue weighted by Gasteiger charge is 2.25. The second kappa shape index (κ2) is 6.15. The molecule has 0 aliphatic heterocycles. The van der Waals surface area contributed by atoms with Crippen LogP contribution in [0.25, 0.3) is 0 Å². The fraction of sp³-hybridized carbons (Fsp3) is 0.308. The third-order valence-electron chi connectivity index (χ3n) is 2.72. The third kappa shape index (κ3) is 3.64. The summed E-state index contributed by atoms with van der Waals surface area (Å²) in [5.41, 5.74) is 0.363. The van der Waals surface area contributed by atoms with Gasteiger partial charge >= 0.3 is 5.97 Å². The molecule has 0 saturated carbocycles. The molecule has 1 aromatic carbocycles. The smallest absolute Gasteiger partial charge is 0.322 e. The van der Waals surface area contributed by atoms with Crippen LogP contribution >= 0.6 is 0 Å². The number of benzene rings is 1. The number of hydrogen-bond donors (Lipinski definition) is 2. The van der Waals surface area contributed by atoms with Crippen molar-refractivity contribution >= 4 is 16.0 Å². The standard InChI is InChI=1S/C13H16FNO4S/c1-4-5-11(13(16)17)15-20(18,19)10-6-8(2)12(14)9(3)7-10/h4,6-7,11,15H,1,5H2,2-3H3,(H,16,17). The number of sulfonamides is 1. The second-order valence-electron chi connectivity index (χ2n) is 4.41. The number of rotatable bonds is 6. The highest BCUT2D eigenvalue weighted by atomic mass is 32.2. The number of carboxylic acid groups (broad SMARTS) is 1. The van der Waals surface area contributed by atoms with Crippen molar-refractivity contribution in [2.45, 2.75) is 31.2 Å². The molecule has 0 aliphatic carbocycles. The van der Waals surface area contributed by atoms with E-state index in [9.17, 15) is 17.6 Å². The maximum absolute atomic E-state index is 13.5. The lowest BCUT2D eigenvalue weighted by Gasteiger charge is -2.14. The van der Waals surface area contributed by atoms with Gasteiger partial charge in [0, 0.05) is 0 Å². The molecule has 1 rings (SSSR count). The molecule has 2 N–H and O–H groups in total. The summed E-state index contributed by atoms with van der Waals surface area (Å²) in [5, 5.41) is 8.93. The van der Waals surface area contributed by atoms with Crippen LogP contribution in [0.3, 0.4) is 0 Å². The molecule has 20 heavy (non-hydrogen) atoms. The lowest BCUT2D eigenvalue weighted by Crippen LogP contribution is -2.40. The van der Waals surface area contributed by atoms with E-state index in [1.54, 1.807) is 0 Å². The third-order valence-corrected chi connectivity index (χ3v) is 4.17. The average Bonchev–Trinajstić information content (AvgIpc) is 2.34. The lowest BCUT2D eigenvalue weighted by atomic mass is 10.1. The van der Waals surface area contributed by atoms with Gasteiger partial charge in [0.1, 0.15) is 11.9 Å². The number of carbonyl (C=O) groups is 1. The normalized spacial score (nSPS) is 12.9. The number of carboxylic acids is 1. The molecule has 0 spiro atoms. The van der Waals surface area contributed by atoms with Crippen molar-refractivity contribution in [2.75, 3.05) is 0 Å². The highest BCUT2D eigenvalue weighted by molar-refractivity contribution is 7.89. The van der Waals surface area contributed by atoms with Gasteiger partial charge in [0.05, 0.1) is 4.90 Å². The fourth-order valence-electron chi connectivity index (χ4n) is 1.68. The molecule has 0 radical (unpaired) electrons. The Bertz CT molecular complexity index is 617. The number of aliphatic carboxylic acids is 1. The Kier molecular flexibility index (Phi) is 5.02. The van der Waals surface area contributed by atoms with Gasteiger partial charge in [-0.2, -0.15) is 4.72 Å². The molecule has 0 heterocycles. The molecule has 0 aliphatic rings. The van der Waals surface area contributed by atoms with Crippen molar-refractivity contribution in [3.05, 3.63) is 41.7 Å². The zero-order chi connectivity index (χ0) is 15.5. The van der Waals surface area contributed by atoms with Gasteiger partial charge in [-0.25, -0.2) is 12.8 Å². The number of halogens is 1. The summed E-state index contributed by atoms with van der Waals surface area (Å²) in [6.07, 6.45) is 1.26. The molecule has 0 amide bonds. The topological polar surface area (TPSA) is 83.5 Å². The van der Waals surface area contributed by atoms with Crippen molar-refractivity contribution in [3.63, 3.8) is 0 Å². The highest BCUT2D eigenvalue weighted by Crippen LogP contribution is 2.19. The van der Waals surface area contributed by atoms with Crippen LogP contribution in [0.5, 0.6) is 0 Å². The van der Waals surface area contributed by atoms with Gasteiger partial charge in [0.25, 0.3) is 0 Å². The summed E-state index contributed by atoms with van der Waals surface area (Å²) in [6.45, 7) is 6.27. The first-order chi connectivity index (χ1) is 9.19. The van der Waals surface area contributed by atoms with Gasteiger partial charge in [0.2, 0.25) is 10.0 Å². The van der Waals surface area contributed by atoms with Crippen molar-refractivity contribution < 1.29 is 22.7 Å². The van der Waals surface area contributed by atoms with Crippen molar-refractivity contribution in [3.8, 4) is 0 Å². The first kappa shape index (κ1) is 16.3. The van der Waals surface area contributed by atoms with Crippen LogP contribution in [0, 0.1) is 19.7 Å². The Morgan fingerprint density at radius 3 is 2.35 bits per heavy atom. The van der Waals surface area contributed by atoms with Crippen LogP contribution in [0.15, 0.2) is 29.7 Å². The average molecular weight is 301 g/mol. The largest absolute Gasteiger partial charge is 0.480 e. The number of nitrogens with one attached hydrogen (secondary N) is 1. The molecule has 0 saturated heterocycles. The molecule has 7 heteroatoms. The van der Waals surface area contributed by atoms with E-state index in [2.05, 4.69) is 11.3 Å². The monoisotopic (exact) mass is 301 g/mol. The molecule has 0 aromatic heterocycles. The van der Waals surface area contributed by atoms with Crippen LogP contribution in [0.1, 0.15) is 17.5 Å². The number of hydrogen-bond acceptors (Lipinski definition) is 3. The van der Waals surface area contributed by atoms with Crippen LogP contribution in [-0.4, -0.2) is 25.5 Å². The van der Waals surface area contributed by atoms with Crippen LogP contribution in [0.4, 0.5) is 4.39 Å². The van der Waals surface area contributed by atoms with Crippen molar-refractivity contribution in [1.29, 1.82) is 0 Å². The van der Waals surface area contributed by atoms with E-state index >= 15 is 0 Å². The Hall–Kier alpha value is -1.73. The van der Waals surface area contributed by atoms with Crippen molar-refractivity contribution in [2.24, 2.45) is 0 Å². The molecule has 1 atom stereocenters. The molecule has 110 valence electrons. The first-order valence-electron chi connectivity index (χ1n) is 5.82. The Morgan fingerprint density at radius 2 is 1.95 bits per heavy atom. The predicted molar refractivity (Wildman–Crippen MR) is 72.4 cm³/mol. The summed E-state index contributed by atoms with van der Waals surface area (Å²) in [7, 11) is -4.03. The Labute approximate surface area is 117 Å². The summed E-state index contributed by atoms with van der Waals surface area (Å²) in [4.78, 5) is 10.8. The van der Waals surface area contributed by atoms with E-state index in [-0.39, 0.29) is 22.4 Å². The zero-order valence-electron chi connectivity index (χ0n) is 11.2. The van der Waals surface area contributed by atoms with E-state index in [1.807, 2.05) is 0 Å². The minimum absolute atomic E-state index is 0.0479. The maximum atomic E-state index is 13.5. The van der Waals surface area contributed by atoms with Gasteiger partial charge < -0.3 is 5.11 Å². The summed E-state index contributed by atoms with van der Waals surface area (Å²) < 4.78 is 39.8. The molecule has 0 fully saturated rings. The van der Waals surface area contributed by atoms with Crippen LogP contribution in [-0.2, 0) is 14.8 Å². The van der Waals surface area contributed by atoms with E-state index < -0.39 is 27.9 Å². The molecular weight excluding hydrogens is 285 g/mol. The van der Waals surface area contributed by atoms with Crippen LogP contribution < -0.4 is 4.72 Å². The maximum Gasteiger partial charge on any atom is 0.322 e. The van der Waals surface area contributed by atoms with Gasteiger partial charge in [-0.15, -0.1) is 6.58 Å². The Balaban J connectivity index is 3.17. The van der Waals surface area contributed by atoms with E-state index in [0.717, 1.165) is 12.1 Å². The summed E-state index contributed by atoms with van der Waals surface area (Å²) in [6, 6.07) is 1.03. The molecule has 1 aromatic rings. The molecule has 1 unspecified atom stereocenters. The zero-order valence-corrected chi connectivity index (χ0v) is 12.0. The molecule has 0 bridgehead atoms. The first-order valence-corrected chi connectivity index (χ1v) is 7.30. The second-order valence-corrected chi connectivity index (χ2v) is 6.12. The van der Waals surface area contributed by atoms with E-state index in [4.69, 9.17) is 5.11 Å². The lowest BCUT2D eigenvalue weighted by molar-refractivity contribution is -0.138. The van der Waals surface area contributed by atoms with E-state index in [1.165, 1.54) is 19.9 Å². The van der Waals surface area contributed by atoms with E-state index in [0.29, 0.717) is 0 Å². The van der Waals surface area contributed by atoms with Crippen LogP contribution in [0.2, 0.25) is 0 Å². The minimum Gasteiger partial charge on any atom is -0.480 e.